The van der Waals surface area contributed by atoms with Crippen LogP contribution in [0.3, 0.4) is 0 Å². The number of nitrogens with one attached hydrogen (secondary N) is 1. The Labute approximate surface area is 86.4 Å². The molecule has 0 amide bonds. The maximum absolute atomic E-state index is 3.79. The van der Waals surface area contributed by atoms with Gasteiger partial charge in [-0.3, -0.25) is 4.90 Å². The van der Waals surface area contributed by atoms with Crippen molar-refractivity contribution in [2.45, 2.75) is 50.2 Å². The molecule has 1 heterocycles. The van der Waals surface area contributed by atoms with Crippen molar-refractivity contribution in [1.29, 1.82) is 0 Å². The Bertz CT molecular complexity index is 224. The van der Waals surface area contributed by atoms with E-state index in [1.165, 1.54) is 45.2 Å². The predicted molar refractivity (Wildman–Crippen MR) is 58.3 cm³/mol. The van der Waals surface area contributed by atoms with Crippen molar-refractivity contribution in [3.63, 3.8) is 0 Å². The van der Waals surface area contributed by atoms with Crippen molar-refractivity contribution >= 4 is 0 Å². The van der Waals surface area contributed by atoms with E-state index < -0.39 is 0 Å². The van der Waals surface area contributed by atoms with Crippen LogP contribution in [0.2, 0.25) is 0 Å². The average molecular weight is 192 g/mol. The molecule has 1 saturated heterocycles. The largest absolute Gasteiger partial charge is 0.309 e. The highest BCUT2D eigenvalue weighted by Gasteiger charge is 2.34. The molecule has 0 radical (unpaired) electrons. The third-order valence-corrected chi connectivity index (χ3v) is 3.76. The molecule has 1 N–H and O–H groups in total. The van der Waals surface area contributed by atoms with Gasteiger partial charge in [-0.1, -0.05) is 12.2 Å². The molecule has 14 heavy (non-hydrogen) atoms. The molecule has 1 unspecified atom stereocenters. The molecule has 2 aliphatic carbocycles. The van der Waals surface area contributed by atoms with E-state index in [2.05, 4.69) is 22.4 Å². The first-order chi connectivity index (χ1) is 6.92. The zero-order valence-electron chi connectivity index (χ0n) is 8.78. The Kier molecular flexibility index (Phi) is 2.34. The lowest BCUT2D eigenvalue weighted by atomic mass is 10.2. The minimum absolute atomic E-state index is 0.749. The number of likely N-dealkylation sites (tertiary alicyclic amines) is 1. The summed E-state index contributed by atoms with van der Waals surface area (Å²) in [6.45, 7) is 2.64. The standard InChI is InChI=1S/C12H20N2/c1-2-4-10(3-1)13-11-7-8-14(9-11)12-5-6-12/h1-2,10-13H,3-9H2. The lowest BCUT2D eigenvalue weighted by molar-refractivity contribution is 0.312. The summed E-state index contributed by atoms with van der Waals surface area (Å²) in [4.78, 5) is 2.68. The molecule has 0 spiro atoms. The smallest absolute Gasteiger partial charge is 0.0210 e. The summed E-state index contributed by atoms with van der Waals surface area (Å²) in [5, 5.41) is 3.79. The van der Waals surface area contributed by atoms with E-state index >= 15 is 0 Å². The highest BCUT2D eigenvalue weighted by molar-refractivity contribution is 5.00. The molecule has 1 aliphatic heterocycles. The van der Waals surface area contributed by atoms with Gasteiger partial charge in [0.15, 0.2) is 0 Å². The van der Waals surface area contributed by atoms with Gasteiger partial charge in [-0.15, -0.1) is 0 Å². The second-order valence-corrected chi connectivity index (χ2v) is 5.02. The maximum atomic E-state index is 3.79. The van der Waals surface area contributed by atoms with Crippen molar-refractivity contribution in [3.8, 4) is 0 Å². The van der Waals surface area contributed by atoms with Crippen LogP contribution >= 0.6 is 0 Å². The van der Waals surface area contributed by atoms with E-state index in [1.54, 1.807) is 0 Å². The first-order valence-electron chi connectivity index (χ1n) is 6.07. The highest BCUT2D eigenvalue weighted by Crippen LogP contribution is 2.30. The van der Waals surface area contributed by atoms with Crippen LogP contribution in [-0.4, -0.2) is 36.1 Å². The summed E-state index contributed by atoms with van der Waals surface area (Å²) in [5.41, 5.74) is 0. The quantitative estimate of drug-likeness (QED) is 0.682. The van der Waals surface area contributed by atoms with Gasteiger partial charge >= 0.3 is 0 Å². The Morgan fingerprint density at radius 3 is 2.50 bits per heavy atom. The number of hydrogen-bond acceptors (Lipinski definition) is 2. The van der Waals surface area contributed by atoms with Crippen LogP contribution in [0.25, 0.3) is 0 Å². The van der Waals surface area contributed by atoms with Gasteiger partial charge in [-0.25, -0.2) is 0 Å². The fourth-order valence-electron chi connectivity index (χ4n) is 2.78. The number of nitrogens with zero attached hydrogens (tertiary/aromatic N) is 1. The van der Waals surface area contributed by atoms with Gasteiger partial charge in [0.25, 0.3) is 0 Å². The summed E-state index contributed by atoms with van der Waals surface area (Å²) < 4.78 is 0. The first kappa shape index (κ1) is 8.93. The minimum Gasteiger partial charge on any atom is -0.309 e. The SMILES string of the molecule is C1=CCC(NC2CCN(C3CC3)C2)C1. The molecule has 0 aromatic heterocycles. The van der Waals surface area contributed by atoms with Crippen LogP contribution in [0.5, 0.6) is 0 Å². The minimum atomic E-state index is 0.749. The molecule has 0 aromatic rings. The van der Waals surface area contributed by atoms with Gasteiger partial charge in [-0.05, 0) is 32.1 Å². The molecule has 78 valence electrons. The molecule has 2 fully saturated rings. The van der Waals surface area contributed by atoms with E-state index in [1.807, 2.05) is 0 Å². The number of hydrogen-bond donors (Lipinski definition) is 1. The zero-order chi connectivity index (χ0) is 9.38. The van der Waals surface area contributed by atoms with Gasteiger partial charge in [0.1, 0.15) is 0 Å². The van der Waals surface area contributed by atoms with Crippen molar-refractivity contribution in [1.82, 2.24) is 10.2 Å². The van der Waals surface area contributed by atoms with Gasteiger partial charge in [0.2, 0.25) is 0 Å². The lowest BCUT2D eigenvalue weighted by Gasteiger charge is -2.19. The molecule has 0 aromatic carbocycles. The summed E-state index contributed by atoms with van der Waals surface area (Å²) in [5.74, 6) is 0. The van der Waals surface area contributed by atoms with E-state index in [0.29, 0.717) is 0 Å². The molecule has 3 aliphatic rings. The Morgan fingerprint density at radius 1 is 1.00 bits per heavy atom. The first-order valence-corrected chi connectivity index (χ1v) is 6.07. The van der Waals surface area contributed by atoms with Gasteiger partial charge in [0.05, 0.1) is 0 Å². The monoisotopic (exact) mass is 192 g/mol. The Hall–Kier alpha value is -0.340. The van der Waals surface area contributed by atoms with Crippen molar-refractivity contribution in [2.75, 3.05) is 13.1 Å². The van der Waals surface area contributed by atoms with E-state index in [0.717, 1.165) is 18.1 Å². The zero-order valence-corrected chi connectivity index (χ0v) is 8.78. The number of rotatable bonds is 3. The summed E-state index contributed by atoms with van der Waals surface area (Å²) in [7, 11) is 0. The highest BCUT2D eigenvalue weighted by atomic mass is 15.2. The molecule has 1 atom stereocenters. The second kappa shape index (κ2) is 3.67. The fourth-order valence-corrected chi connectivity index (χ4v) is 2.78. The predicted octanol–water partition coefficient (Wildman–Crippen LogP) is 1.53. The van der Waals surface area contributed by atoms with Crippen LogP contribution in [0, 0.1) is 0 Å². The maximum Gasteiger partial charge on any atom is 0.0210 e. The third-order valence-electron chi connectivity index (χ3n) is 3.76. The molecular formula is C12H20N2. The summed E-state index contributed by atoms with van der Waals surface area (Å²) >= 11 is 0. The van der Waals surface area contributed by atoms with Gasteiger partial charge in [-0.2, -0.15) is 0 Å². The Balaban J connectivity index is 1.45. The van der Waals surface area contributed by atoms with Crippen LogP contribution < -0.4 is 5.32 Å². The topological polar surface area (TPSA) is 15.3 Å². The van der Waals surface area contributed by atoms with Gasteiger partial charge in [0, 0.05) is 31.2 Å². The second-order valence-electron chi connectivity index (χ2n) is 5.02. The van der Waals surface area contributed by atoms with Crippen LogP contribution in [-0.2, 0) is 0 Å². The normalized spacial score (nSPS) is 34.4. The van der Waals surface area contributed by atoms with Crippen molar-refractivity contribution in [2.24, 2.45) is 0 Å². The molecular weight excluding hydrogens is 172 g/mol. The lowest BCUT2D eigenvalue weighted by Crippen LogP contribution is -2.39. The fraction of sp³-hybridized carbons (Fsp3) is 0.833. The molecule has 2 nitrogen and oxygen atoms in total. The van der Waals surface area contributed by atoms with E-state index in [-0.39, 0.29) is 0 Å². The third kappa shape index (κ3) is 1.86. The molecule has 2 heteroatoms. The van der Waals surface area contributed by atoms with Crippen LogP contribution in [0.1, 0.15) is 32.1 Å². The van der Waals surface area contributed by atoms with Crippen LogP contribution in [0.15, 0.2) is 12.2 Å². The average Bonchev–Trinajstić information content (AvgIpc) is 2.75. The molecule has 1 saturated carbocycles. The van der Waals surface area contributed by atoms with Gasteiger partial charge < -0.3 is 5.32 Å². The molecule has 3 rings (SSSR count). The summed E-state index contributed by atoms with van der Waals surface area (Å²) in [6.07, 6.45) is 11.4. The van der Waals surface area contributed by atoms with E-state index in [9.17, 15) is 0 Å². The van der Waals surface area contributed by atoms with Crippen molar-refractivity contribution < 1.29 is 0 Å². The summed E-state index contributed by atoms with van der Waals surface area (Å²) in [6, 6.07) is 2.49. The Morgan fingerprint density at radius 2 is 1.79 bits per heavy atom. The van der Waals surface area contributed by atoms with Crippen LogP contribution in [0.4, 0.5) is 0 Å². The van der Waals surface area contributed by atoms with E-state index in [4.69, 9.17) is 0 Å². The van der Waals surface area contributed by atoms with Crippen molar-refractivity contribution in [3.05, 3.63) is 12.2 Å². The molecule has 0 bridgehead atoms.